The molecule has 0 atom stereocenters. The first kappa shape index (κ1) is 263. The van der Waals surface area contributed by atoms with Crippen LogP contribution in [-0.2, 0) is 17.1 Å². The van der Waals surface area contributed by atoms with Crippen LogP contribution in [0.5, 0.6) is 0 Å². The van der Waals surface area contributed by atoms with E-state index in [-0.39, 0.29) is 45.9 Å². The second-order valence-electron chi connectivity index (χ2n) is 0. The molecule has 0 aromatic carbocycles. The van der Waals surface area contributed by atoms with Crippen molar-refractivity contribution < 1.29 is 45.9 Å². The summed E-state index contributed by atoms with van der Waals surface area (Å²) >= 11 is 0. The number of rotatable bonds is 0. The molecule has 1 radical (unpaired) electrons. The molecule has 0 saturated carbocycles. The normalized spacial score (nSPS) is 0. The van der Waals surface area contributed by atoms with Gasteiger partial charge in [0.2, 0.25) is 0 Å². The van der Waals surface area contributed by atoms with Gasteiger partial charge in [0, 0.05) is 0 Å². The fourth-order valence-electron chi connectivity index (χ4n) is 0. The molecule has 0 bridgehead atoms. The molecular formula is H6ClFeO3+2. The Morgan fingerprint density at radius 3 is 0.600 bits per heavy atom. The zero-order valence-electron chi connectivity index (χ0n) is 2.23. The van der Waals surface area contributed by atoms with Crippen LogP contribution in [0.3, 0.4) is 0 Å². The van der Waals surface area contributed by atoms with Crippen LogP contribution < -0.4 is 12.4 Å². The molecule has 0 aromatic heterocycles. The van der Waals surface area contributed by atoms with E-state index in [0.29, 0.717) is 0 Å². The fraction of sp³-hybridized carbons (Fsp3) is 0. The number of hydrogen-bond acceptors (Lipinski definition) is 0. The molecule has 0 saturated heterocycles. The van der Waals surface area contributed by atoms with Crippen molar-refractivity contribution in [2.75, 3.05) is 0 Å². The molecular weight excluding hydrogens is 139 g/mol. The Labute approximate surface area is 46.6 Å². The summed E-state index contributed by atoms with van der Waals surface area (Å²) in [7, 11) is 0. The maximum absolute atomic E-state index is 0. The van der Waals surface area contributed by atoms with E-state index < -0.39 is 0 Å². The van der Waals surface area contributed by atoms with Gasteiger partial charge in [-0.3, -0.25) is 0 Å². The Hall–Kier alpha value is 0.689. The van der Waals surface area contributed by atoms with Crippen LogP contribution in [0, 0.1) is 0 Å². The van der Waals surface area contributed by atoms with E-state index in [1.807, 2.05) is 0 Å². The quantitative estimate of drug-likeness (QED) is 0.304. The predicted octanol–water partition coefficient (Wildman–Crippen LogP) is -5.47. The van der Waals surface area contributed by atoms with E-state index in [1.165, 1.54) is 0 Å². The second kappa shape index (κ2) is 134. The second-order valence-corrected chi connectivity index (χ2v) is 0. The molecule has 6 N–H and O–H groups in total. The van der Waals surface area contributed by atoms with Crippen LogP contribution in [0.25, 0.3) is 0 Å². The van der Waals surface area contributed by atoms with Crippen LogP contribution in [0.15, 0.2) is 0 Å². The minimum Gasteiger partial charge on any atom is -1.00 e. The van der Waals surface area contributed by atoms with Gasteiger partial charge in [0.25, 0.3) is 0 Å². The van der Waals surface area contributed by atoms with Crippen LogP contribution in [0.1, 0.15) is 0 Å². The van der Waals surface area contributed by atoms with Gasteiger partial charge in [-0.15, -0.1) is 0 Å². The van der Waals surface area contributed by atoms with Gasteiger partial charge in [-0.05, 0) is 0 Å². The van der Waals surface area contributed by atoms with Crippen molar-refractivity contribution in [1.82, 2.24) is 0 Å². The number of halogens is 1. The van der Waals surface area contributed by atoms with E-state index in [0.717, 1.165) is 0 Å². The molecule has 0 fully saturated rings. The Kier molecular flexibility index (Phi) is 7070. The first-order valence-corrected chi connectivity index (χ1v) is 0. The zero-order valence-corrected chi connectivity index (χ0v) is 4.09. The topological polar surface area (TPSA) is 94.5 Å². The first-order chi connectivity index (χ1) is 0. The van der Waals surface area contributed by atoms with E-state index in [4.69, 9.17) is 0 Å². The van der Waals surface area contributed by atoms with Crippen molar-refractivity contribution in [2.45, 2.75) is 0 Å². The van der Waals surface area contributed by atoms with Crippen molar-refractivity contribution in [3.63, 3.8) is 0 Å². The van der Waals surface area contributed by atoms with Crippen molar-refractivity contribution in [3.8, 4) is 0 Å². The molecule has 0 aliphatic carbocycles. The number of hydrogen-bond donors (Lipinski definition) is 0. The van der Waals surface area contributed by atoms with Gasteiger partial charge in [0.15, 0.2) is 0 Å². The minimum atomic E-state index is 0. The average Bonchev–Trinajstić information content (AvgIpc) is 0. The standard InChI is InChI=1S/ClH.Fe.3H2O/h1H;;3*1H2/q;+3;;;/p-1. The van der Waals surface area contributed by atoms with Crippen LogP contribution >= 0.6 is 0 Å². The molecule has 3 nitrogen and oxygen atoms in total. The SMILES string of the molecule is O.O.O.[Cl-].[Fe+3]. The first-order valence-electron chi connectivity index (χ1n) is 0. The largest absolute Gasteiger partial charge is 3.00 e. The Morgan fingerprint density at radius 1 is 0.600 bits per heavy atom. The smallest absolute Gasteiger partial charge is 1.00 e. The molecule has 0 spiro atoms. The van der Waals surface area contributed by atoms with Gasteiger partial charge in [-0.1, -0.05) is 0 Å². The molecule has 0 aliphatic heterocycles. The molecule has 0 aromatic rings. The Morgan fingerprint density at radius 2 is 0.600 bits per heavy atom. The van der Waals surface area contributed by atoms with Gasteiger partial charge < -0.3 is 28.8 Å². The summed E-state index contributed by atoms with van der Waals surface area (Å²) in [6, 6.07) is 0. The molecule has 0 aliphatic rings. The summed E-state index contributed by atoms with van der Waals surface area (Å²) < 4.78 is 0. The zero-order chi connectivity index (χ0) is 0. The molecule has 0 rings (SSSR count). The molecule has 0 amide bonds. The fourth-order valence-corrected chi connectivity index (χ4v) is 0. The van der Waals surface area contributed by atoms with Crippen LogP contribution in [0.2, 0.25) is 0 Å². The molecule has 5 heteroatoms. The van der Waals surface area contributed by atoms with Gasteiger partial charge in [0.05, 0.1) is 0 Å². The van der Waals surface area contributed by atoms with E-state index >= 15 is 0 Å². The van der Waals surface area contributed by atoms with E-state index in [9.17, 15) is 0 Å². The third-order valence-corrected chi connectivity index (χ3v) is 0. The Balaban J connectivity index is 0. The maximum Gasteiger partial charge on any atom is 3.00 e. The van der Waals surface area contributed by atoms with Crippen molar-refractivity contribution >= 4 is 0 Å². The molecule has 0 heterocycles. The molecule has 0 unspecified atom stereocenters. The van der Waals surface area contributed by atoms with Crippen LogP contribution in [0.4, 0.5) is 0 Å². The third kappa shape index (κ3) is 71.4. The summed E-state index contributed by atoms with van der Waals surface area (Å²) in [4.78, 5) is 0. The average molecular weight is 145 g/mol. The summed E-state index contributed by atoms with van der Waals surface area (Å²) in [6.07, 6.45) is 0. The molecule has 37 valence electrons. The van der Waals surface area contributed by atoms with Gasteiger partial charge in [0.1, 0.15) is 0 Å². The van der Waals surface area contributed by atoms with E-state index in [2.05, 4.69) is 0 Å². The third-order valence-electron chi connectivity index (χ3n) is 0. The van der Waals surface area contributed by atoms with Crippen molar-refractivity contribution in [3.05, 3.63) is 0 Å². The Bertz CT molecular complexity index is 6.85. The summed E-state index contributed by atoms with van der Waals surface area (Å²) in [5, 5.41) is 0. The summed E-state index contributed by atoms with van der Waals surface area (Å²) in [5.74, 6) is 0. The summed E-state index contributed by atoms with van der Waals surface area (Å²) in [5.41, 5.74) is 0. The van der Waals surface area contributed by atoms with Crippen molar-refractivity contribution in [1.29, 1.82) is 0 Å². The van der Waals surface area contributed by atoms with E-state index in [1.54, 1.807) is 0 Å². The van der Waals surface area contributed by atoms with Gasteiger partial charge in [-0.2, -0.15) is 0 Å². The van der Waals surface area contributed by atoms with Crippen molar-refractivity contribution in [2.24, 2.45) is 0 Å². The summed E-state index contributed by atoms with van der Waals surface area (Å²) in [6.45, 7) is 0. The van der Waals surface area contributed by atoms with Gasteiger partial charge >= 0.3 is 17.1 Å². The predicted molar refractivity (Wildman–Crippen MR) is 10.8 cm³/mol. The maximum atomic E-state index is 0. The molecule has 5 heavy (non-hydrogen) atoms. The minimum absolute atomic E-state index is 0. The monoisotopic (exact) mass is 145 g/mol. The van der Waals surface area contributed by atoms with Gasteiger partial charge in [-0.25, -0.2) is 0 Å². The van der Waals surface area contributed by atoms with Crippen LogP contribution in [-0.4, -0.2) is 16.4 Å².